The van der Waals surface area contributed by atoms with Crippen molar-refractivity contribution >= 4 is 26.5 Å². The van der Waals surface area contributed by atoms with E-state index in [1.54, 1.807) is 36.1 Å². The molecule has 0 bridgehead atoms. The number of nitrogens with zero attached hydrogens (tertiary/aromatic N) is 2. The molecule has 2 rings (SSSR count). The Bertz CT molecular complexity index is 537. The van der Waals surface area contributed by atoms with Crippen LogP contribution >= 0.6 is 11.3 Å². The first-order chi connectivity index (χ1) is 7.66. The number of hydrogen-bond acceptors (Lipinski definition) is 5. The standard InChI is InChI=1S/C9H9N3O2S2/c13-16(14,12-9-11-5-6-15-9)7-8-1-3-10-4-2-8/h1-6H,7H2,(H,11,12). The van der Waals surface area contributed by atoms with Crippen LogP contribution in [0.1, 0.15) is 5.56 Å². The number of anilines is 1. The second-order valence-corrected chi connectivity index (χ2v) is 5.67. The molecule has 0 aliphatic heterocycles. The SMILES string of the molecule is O=S(=O)(Cc1ccncc1)Nc1nccs1. The summed E-state index contributed by atoms with van der Waals surface area (Å²) < 4.78 is 25.8. The summed E-state index contributed by atoms with van der Waals surface area (Å²) in [4.78, 5) is 7.68. The van der Waals surface area contributed by atoms with Gasteiger partial charge >= 0.3 is 0 Å². The van der Waals surface area contributed by atoms with Crippen molar-refractivity contribution in [3.63, 3.8) is 0 Å². The van der Waals surface area contributed by atoms with E-state index in [4.69, 9.17) is 0 Å². The van der Waals surface area contributed by atoms with E-state index < -0.39 is 10.0 Å². The number of sulfonamides is 1. The third-order valence-electron chi connectivity index (χ3n) is 1.78. The predicted octanol–water partition coefficient (Wildman–Crippen LogP) is 1.48. The van der Waals surface area contributed by atoms with E-state index >= 15 is 0 Å². The molecule has 2 aromatic heterocycles. The van der Waals surface area contributed by atoms with E-state index in [9.17, 15) is 8.42 Å². The lowest BCUT2D eigenvalue weighted by Crippen LogP contribution is -2.14. The van der Waals surface area contributed by atoms with Crippen molar-refractivity contribution in [3.8, 4) is 0 Å². The lowest BCUT2D eigenvalue weighted by molar-refractivity contribution is 0.600. The van der Waals surface area contributed by atoms with Crippen LogP contribution in [-0.4, -0.2) is 18.4 Å². The Morgan fingerprint density at radius 2 is 2.00 bits per heavy atom. The highest BCUT2D eigenvalue weighted by Crippen LogP contribution is 2.14. The van der Waals surface area contributed by atoms with E-state index in [1.807, 2.05) is 0 Å². The van der Waals surface area contributed by atoms with Gasteiger partial charge in [0.2, 0.25) is 10.0 Å². The molecule has 16 heavy (non-hydrogen) atoms. The van der Waals surface area contributed by atoms with Gasteiger partial charge in [-0.15, -0.1) is 11.3 Å². The highest BCUT2D eigenvalue weighted by Gasteiger charge is 2.12. The smallest absolute Gasteiger partial charge is 0.238 e. The summed E-state index contributed by atoms with van der Waals surface area (Å²) in [6.07, 6.45) is 4.68. The second-order valence-electron chi connectivity index (χ2n) is 3.05. The van der Waals surface area contributed by atoms with Crippen LogP contribution in [0.3, 0.4) is 0 Å². The number of nitrogens with one attached hydrogen (secondary N) is 1. The van der Waals surface area contributed by atoms with Gasteiger partial charge in [0.25, 0.3) is 0 Å². The largest absolute Gasteiger partial charge is 0.265 e. The Morgan fingerprint density at radius 1 is 1.25 bits per heavy atom. The molecule has 84 valence electrons. The molecule has 0 unspecified atom stereocenters. The summed E-state index contributed by atoms with van der Waals surface area (Å²) in [5.74, 6) is -0.0743. The number of thiazole rings is 1. The van der Waals surface area contributed by atoms with Gasteiger partial charge < -0.3 is 0 Å². The molecule has 0 saturated heterocycles. The molecule has 0 radical (unpaired) electrons. The van der Waals surface area contributed by atoms with E-state index in [0.717, 1.165) is 0 Å². The van der Waals surface area contributed by atoms with Crippen molar-refractivity contribution in [1.82, 2.24) is 9.97 Å². The van der Waals surface area contributed by atoms with Gasteiger partial charge in [-0.05, 0) is 17.7 Å². The molecule has 0 spiro atoms. The van der Waals surface area contributed by atoms with Crippen LogP contribution in [0.5, 0.6) is 0 Å². The van der Waals surface area contributed by atoms with Crippen molar-refractivity contribution < 1.29 is 8.42 Å². The molecule has 0 aliphatic rings. The van der Waals surface area contributed by atoms with Gasteiger partial charge in [-0.2, -0.15) is 0 Å². The van der Waals surface area contributed by atoms with Gasteiger partial charge in [0, 0.05) is 24.0 Å². The summed E-state index contributed by atoms with van der Waals surface area (Å²) in [6.45, 7) is 0. The zero-order valence-corrected chi connectivity index (χ0v) is 9.83. The van der Waals surface area contributed by atoms with E-state index in [-0.39, 0.29) is 5.75 Å². The van der Waals surface area contributed by atoms with Gasteiger partial charge in [-0.25, -0.2) is 13.4 Å². The van der Waals surface area contributed by atoms with Crippen molar-refractivity contribution in [2.45, 2.75) is 5.75 Å². The monoisotopic (exact) mass is 255 g/mol. The van der Waals surface area contributed by atoms with E-state index in [2.05, 4.69) is 14.7 Å². The second kappa shape index (κ2) is 4.58. The van der Waals surface area contributed by atoms with Gasteiger partial charge in [0.1, 0.15) is 0 Å². The molecule has 0 atom stereocenters. The van der Waals surface area contributed by atoms with Crippen LogP contribution in [0.2, 0.25) is 0 Å². The maximum absolute atomic E-state index is 11.7. The maximum Gasteiger partial charge on any atom is 0.238 e. The highest BCUT2D eigenvalue weighted by atomic mass is 32.2. The fourth-order valence-corrected chi connectivity index (χ4v) is 3.11. The number of rotatable bonds is 4. The normalized spacial score (nSPS) is 11.2. The Kier molecular flexibility index (Phi) is 3.16. The van der Waals surface area contributed by atoms with Crippen LogP contribution < -0.4 is 4.72 Å². The van der Waals surface area contributed by atoms with Crippen molar-refractivity contribution in [2.75, 3.05) is 4.72 Å². The summed E-state index contributed by atoms with van der Waals surface area (Å²) >= 11 is 1.25. The third kappa shape index (κ3) is 3.01. The molecule has 0 aromatic carbocycles. The number of pyridine rings is 1. The minimum absolute atomic E-state index is 0.0743. The first-order valence-electron chi connectivity index (χ1n) is 4.45. The zero-order valence-electron chi connectivity index (χ0n) is 8.20. The van der Waals surface area contributed by atoms with E-state index in [0.29, 0.717) is 10.7 Å². The number of aromatic nitrogens is 2. The lowest BCUT2D eigenvalue weighted by atomic mass is 10.3. The van der Waals surface area contributed by atoms with Crippen LogP contribution in [0.25, 0.3) is 0 Å². The molecular formula is C9H9N3O2S2. The van der Waals surface area contributed by atoms with Crippen molar-refractivity contribution in [1.29, 1.82) is 0 Å². The summed E-state index contributed by atoms with van der Waals surface area (Å²) in [6, 6.07) is 3.34. The van der Waals surface area contributed by atoms with Crippen LogP contribution in [0, 0.1) is 0 Å². The quantitative estimate of drug-likeness (QED) is 0.898. The fourth-order valence-electron chi connectivity index (χ4n) is 1.14. The maximum atomic E-state index is 11.7. The minimum Gasteiger partial charge on any atom is -0.265 e. The Labute approximate surface area is 97.2 Å². The lowest BCUT2D eigenvalue weighted by Gasteiger charge is -2.04. The van der Waals surface area contributed by atoms with Gasteiger partial charge in [-0.1, -0.05) is 0 Å². The van der Waals surface area contributed by atoms with Gasteiger partial charge in [0.05, 0.1) is 5.75 Å². The summed E-state index contributed by atoms with van der Waals surface area (Å²) in [5, 5.41) is 2.10. The molecule has 0 aliphatic carbocycles. The molecular weight excluding hydrogens is 246 g/mol. The van der Waals surface area contributed by atoms with Crippen LogP contribution in [0.4, 0.5) is 5.13 Å². The van der Waals surface area contributed by atoms with Gasteiger partial charge in [0.15, 0.2) is 5.13 Å². The Balaban J connectivity index is 2.09. The molecule has 0 fully saturated rings. The molecule has 2 heterocycles. The van der Waals surface area contributed by atoms with Crippen molar-refractivity contribution in [2.24, 2.45) is 0 Å². The average Bonchev–Trinajstić information content (AvgIpc) is 2.70. The molecule has 0 saturated carbocycles. The predicted molar refractivity (Wildman–Crippen MR) is 62.6 cm³/mol. The zero-order chi connectivity index (χ0) is 11.4. The fraction of sp³-hybridized carbons (Fsp3) is 0.111. The topological polar surface area (TPSA) is 72.0 Å². The molecule has 7 heteroatoms. The van der Waals surface area contributed by atoms with Crippen LogP contribution in [-0.2, 0) is 15.8 Å². The molecule has 5 nitrogen and oxygen atoms in total. The highest BCUT2D eigenvalue weighted by molar-refractivity contribution is 7.92. The summed E-state index contributed by atoms with van der Waals surface area (Å²) in [5.41, 5.74) is 0.694. The van der Waals surface area contributed by atoms with Gasteiger partial charge in [-0.3, -0.25) is 9.71 Å². The van der Waals surface area contributed by atoms with Crippen LogP contribution in [0.15, 0.2) is 36.1 Å². The molecule has 0 amide bonds. The first kappa shape index (κ1) is 11.0. The van der Waals surface area contributed by atoms with E-state index in [1.165, 1.54) is 11.3 Å². The first-order valence-corrected chi connectivity index (χ1v) is 6.98. The molecule has 2 aromatic rings. The Morgan fingerprint density at radius 3 is 2.62 bits per heavy atom. The average molecular weight is 255 g/mol. The molecule has 1 N–H and O–H groups in total. The third-order valence-corrected chi connectivity index (χ3v) is 3.82. The summed E-state index contributed by atoms with van der Waals surface area (Å²) in [7, 11) is -3.39. The number of hydrogen-bond donors (Lipinski definition) is 1. The Hall–Kier alpha value is -1.47. The minimum atomic E-state index is -3.39. The van der Waals surface area contributed by atoms with Crippen molar-refractivity contribution in [3.05, 3.63) is 41.7 Å².